The van der Waals surface area contributed by atoms with Crippen LogP contribution in [-0.2, 0) is 16.1 Å². The SMILES string of the molecule is CCCCOC(=O)Cn1ccc2cccc(N)c21. The summed E-state index contributed by atoms with van der Waals surface area (Å²) in [4.78, 5) is 11.7. The number of hydrogen-bond acceptors (Lipinski definition) is 3. The normalized spacial score (nSPS) is 10.7. The molecule has 0 saturated carbocycles. The first kappa shape index (κ1) is 12.5. The van der Waals surface area contributed by atoms with Crippen LogP contribution in [-0.4, -0.2) is 17.1 Å². The lowest BCUT2D eigenvalue weighted by molar-refractivity contribution is -0.144. The molecule has 0 saturated heterocycles. The Hall–Kier alpha value is -1.97. The fraction of sp³-hybridized carbons (Fsp3) is 0.357. The minimum atomic E-state index is -0.218. The predicted octanol–water partition coefficient (Wildman–Crippen LogP) is 2.57. The lowest BCUT2D eigenvalue weighted by atomic mass is 10.2. The topological polar surface area (TPSA) is 57.2 Å². The van der Waals surface area contributed by atoms with Gasteiger partial charge in [-0.15, -0.1) is 0 Å². The van der Waals surface area contributed by atoms with E-state index in [9.17, 15) is 4.79 Å². The molecule has 0 fully saturated rings. The number of para-hydroxylation sites is 1. The van der Waals surface area contributed by atoms with E-state index < -0.39 is 0 Å². The summed E-state index contributed by atoms with van der Waals surface area (Å²) in [6.45, 7) is 2.76. The number of anilines is 1. The largest absolute Gasteiger partial charge is 0.464 e. The number of carbonyl (C=O) groups excluding carboxylic acids is 1. The molecule has 0 aliphatic heterocycles. The van der Waals surface area contributed by atoms with Gasteiger partial charge in [-0.05, 0) is 18.6 Å². The van der Waals surface area contributed by atoms with E-state index in [2.05, 4.69) is 6.92 Å². The number of nitrogens with zero attached hydrogens (tertiary/aromatic N) is 1. The Kier molecular flexibility index (Phi) is 3.87. The highest BCUT2D eigenvalue weighted by Gasteiger charge is 2.08. The van der Waals surface area contributed by atoms with Crippen molar-refractivity contribution in [2.75, 3.05) is 12.3 Å². The van der Waals surface area contributed by atoms with Crippen LogP contribution in [0.15, 0.2) is 30.5 Å². The fourth-order valence-electron chi connectivity index (χ4n) is 1.94. The summed E-state index contributed by atoms with van der Waals surface area (Å²) >= 11 is 0. The molecule has 4 heteroatoms. The molecule has 0 bridgehead atoms. The Morgan fingerprint density at radius 2 is 2.22 bits per heavy atom. The number of hydrogen-bond donors (Lipinski definition) is 1. The van der Waals surface area contributed by atoms with E-state index >= 15 is 0 Å². The van der Waals surface area contributed by atoms with E-state index in [0.29, 0.717) is 12.3 Å². The second kappa shape index (κ2) is 5.58. The minimum Gasteiger partial charge on any atom is -0.464 e. The van der Waals surface area contributed by atoms with Crippen molar-refractivity contribution in [2.24, 2.45) is 0 Å². The number of nitrogens with two attached hydrogens (primary N) is 1. The highest BCUT2D eigenvalue weighted by Crippen LogP contribution is 2.21. The van der Waals surface area contributed by atoms with E-state index in [0.717, 1.165) is 23.7 Å². The van der Waals surface area contributed by atoms with Crippen molar-refractivity contribution >= 4 is 22.6 Å². The molecule has 96 valence electrons. The van der Waals surface area contributed by atoms with Gasteiger partial charge in [0.2, 0.25) is 0 Å². The van der Waals surface area contributed by atoms with Gasteiger partial charge in [0.15, 0.2) is 0 Å². The van der Waals surface area contributed by atoms with Gasteiger partial charge in [0, 0.05) is 11.6 Å². The van der Waals surface area contributed by atoms with Crippen LogP contribution >= 0.6 is 0 Å². The van der Waals surface area contributed by atoms with Crippen molar-refractivity contribution in [2.45, 2.75) is 26.3 Å². The summed E-state index contributed by atoms with van der Waals surface area (Å²) in [6.07, 6.45) is 3.79. The summed E-state index contributed by atoms with van der Waals surface area (Å²) in [7, 11) is 0. The zero-order chi connectivity index (χ0) is 13.0. The number of ether oxygens (including phenoxy) is 1. The van der Waals surface area contributed by atoms with Crippen LogP contribution in [0.1, 0.15) is 19.8 Å². The molecule has 1 heterocycles. The molecule has 2 aromatic rings. The summed E-state index contributed by atoms with van der Waals surface area (Å²) in [5.74, 6) is -0.218. The van der Waals surface area contributed by atoms with Gasteiger partial charge < -0.3 is 15.0 Å². The molecule has 4 nitrogen and oxygen atoms in total. The number of esters is 1. The lowest BCUT2D eigenvalue weighted by Gasteiger charge is -2.07. The molecule has 0 unspecified atom stereocenters. The number of unbranched alkanes of at least 4 members (excludes halogenated alkanes) is 1. The number of nitrogen functional groups attached to an aromatic ring is 1. The van der Waals surface area contributed by atoms with Crippen LogP contribution in [0, 0.1) is 0 Å². The highest BCUT2D eigenvalue weighted by atomic mass is 16.5. The molecule has 0 atom stereocenters. The molecule has 18 heavy (non-hydrogen) atoms. The van der Waals surface area contributed by atoms with E-state index in [1.807, 2.05) is 35.0 Å². The monoisotopic (exact) mass is 246 g/mol. The minimum absolute atomic E-state index is 0.210. The molecule has 0 radical (unpaired) electrons. The van der Waals surface area contributed by atoms with Gasteiger partial charge in [0.05, 0.1) is 17.8 Å². The Morgan fingerprint density at radius 3 is 3.00 bits per heavy atom. The van der Waals surface area contributed by atoms with Crippen LogP contribution < -0.4 is 5.73 Å². The summed E-state index contributed by atoms with van der Waals surface area (Å²) in [6, 6.07) is 7.67. The van der Waals surface area contributed by atoms with Crippen molar-refractivity contribution in [3.05, 3.63) is 30.5 Å². The maximum atomic E-state index is 11.7. The second-order valence-corrected chi connectivity index (χ2v) is 4.30. The molecule has 0 spiro atoms. The number of aromatic nitrogens is 1. The van der Waals surface area contributed by atoms with Crippen LogP contribution in [0.3, 0.4) is 0 Å². The highest BCUT2D eigenvalue weighted by molar-refractivity contribution is 5.91. The first-order valence-corrected chi connectivity index (χ1v) is 6.21. The Bertz CT molecular complexity index is 546. The third-order valence-electron chi connectivity index (χ3n) is 2.88. The average molecular weight is 246 g/mol. The standard InChI is InChI=1S/C14H18N2O2/c1-2-3-9-18-13(17)10-16-8-7-11-5-4-6-12(15)14(11)16/h4-8H,2-3,9-10,15H2,1H3. The third-order valence-corrected chi connectivity index (χ3v) is 2.88. The number of carbonyl (C=O) groups is 1. The molecule has 2 N–H and O–H groups in total. The zero-order valence-corrected chi connectivity index (χ0v) is 10.6. The maximum Gasteiger partial charge on any atom is 0.325 e. The van der Waals surface area contributed by atoms with Gasteiger partial charge in [-0.1, -0.05) is 25.5 Å². The van der Waals surface area contributed by atoms with Crippen LogP contribution in [0.2, 0.25) is 0 Å². The van der Waals surface area contributed by atoms with Crippen molar-refractivity contribution in [1.29, 1.82) is 0 Å². The molecule has 1 aromatic heterocycles. The number of fused-ring (bicyclic) bond motifs is 1. The summed E-state index contributed by atoms with van der Waals surface area (Å²) in [5, 5.41) is 1.04. The van der Waals surface area contributed by atoms with Crippen molar-refractivity contribution in [3.8, 4) is 0 Å². The number of rotatable bonds is 5. The predicted molar refractivity (Wildman–Crippen MR) is 72.2 cm³/mol. The molecule has 0 aliphatic rings. The molecule has 0 aliphatic carbocycles. The van der Waals surface area contributed by atoms with Gasteiger partial charge in [0.1, 0.15) is 6.54 Å². The van der Waals surface area contributed by atoms with Crippen molar-refractivity contribution in [1.82, 2.24) is 4.57 Å². The van der Waals surface area contributed by atoms with E-state index in [4.69, 9.17) is 10.5 Å². The van der Waals surface area contributed by atoms with Crippen LogP contribution in [0.5, 0.6) is 0 Å². The van der Waals surface area contributed by atoms with Crippen molar-refractivity contribution in [3.63, 3.8) is 0 Å². The second-order valence-electron chi connectivity index (χ2n) is 4.30. The van der Waals surface area contributed by atoms with Crippen LogP contribution in [0.4, 0.5) is 5.69 Å². The first-order chi connectivity index (χ1) is 8.72. The van der Waals surface area contributed by atoms with E-state index in [-0.39, 0.29) is 12.5 Å². The van der Waals surface area contributed by atoms with Crippen LogP contribution in [0.25, 0.3) is 10.9 Å². The smallest absolute Gasteiger partial charge is 0.325 e. The molecular weight excluding hydrogens is 228 g/mol. The van der Waals surface area contributed by atoms with Gasteiger partial charge in [-0.3, -0.25) is 4.79 Å². The van der Waals surface area contributed by atoms with Gasteiger partial charge >= 0.3 is 5.97 Å². The van der Waals surface area contributed by atoms with Gasteiger partial charge in [-0.25, -0.2) is 0 Å². The quantitative estimate of drug-likeness (QED) is 0.501. The number of benzene rings is 1. The molecular formula is C14H18N2O2. The average Bonchev–Trinajstić information content (AvgIpc) is 2.74. The molecule has 1 aromatic carbocycles. The summed E-state index contributed by atoms with van der Waals surface area (Å²) in [5.41, 5.74) is 7.50. The third kappa shape index (κ3) is 2.64. The lowest BCUT2D eigenvalue weighted by Crippen LogP contribution is -2.13. The first-order valence-electron chi connectivity index (χ1n) is 6.21. The van der Waals surface area contributed by atoms with E-state index in [1.165, 1.54) is 0 Å². The van der Waals surface area contributed by atoms with E-state index in [1.54, 1.807) is 0 Å². The zero-order valence-electron chi connectivity index (χ0n) is 10.6. The Morgan fingerprint density at radius 1 is 1.39 bits per heavy atom. The van der Waals surface area contributed by atoms with Gasteiger partial charge in [0.25, 0.3) is 0 Å². The molecule has 0 amide bonds. The fourth-order valence-corrected chi connectivity index (χ4v) is 1.94. The van der Waals surface area contributed by atoms with Crippen molar-refractivity contribution < 1.29 is 9.53 Å². The van der Waals surface area contributed by atoms with Gasteiger partial charge in [-0.2, -0.15) is 0 Å². The molecule has 2 rings (SSSR count). The Balaban J connectivity index is 2.10. The maximum absolute atomic E-state index is 11.7. The summed E-state index contributed by atoms with van der Waals surface area (Å²) < 4.78 is 6.98. The Labute approximate surface area is 106 Å².